The lowest BCUT2D eigenvalue weighted by molar-refractivity contribution is -0.127. The Labute approximate surface area is 212 Å². The van der Waals surface area contributed by atoms with Gasteiger partial charge >= 0.3 is 12.1 Å². The third-order valence-corrected chi connectivity index (χ3v) is 7.18. The fraction of sp³-hybridized carbons (Fsp3) is 0.615. The molecule has 2 heterocycles. The summed E-state index contributed by atoms with van der Waals surface area (Å²) < 4.78 is 10.7. The highest BCUT2D eigenvalue weighted by atomic mass is 16.6. The minimum Gasteiger partial charge on any atom is -0.445 e. The average Bonchev–Trinajstić information content (AvgIpc) is 2.91. The summed E-state index contributed by atoms with van der Waals surface area (Å²) in [7, 11) is 0. The molecule has 1 aromatic rings. The van der Waals surface area contributed by atoms with E-state index in [9.17, 15) is 19.6 Å². The van der Waals surface area contributed by atoms with Crippen LogP contribution >= 0.6 is 0 Å². The summed E-state index contributed by atoms with van der Waals surface area (Å²) in [6.45, 7) is 8.38. The zero-order valence-corrected chi connectivity index (χ0v) is 21.4. The molecule has 1 atom stereocenters. The number of hydrogen-bond donors (Lipinski definition) is 2. The molecule has 2 saturated heterocycles. The van der Waals surface area contributed by atoms with Crippen molar-refractivity contribution in [2.24, 2.45) is 5.41 Å². The number of amides is 4. The Morgan fingerprint density at radius 3 is 2.33 bits per heavy atom. The molecule has 0 saturated carbocycles. The Balaban J connectivity index is 1.60. The minimum atomic E-state index is -1.13. The predicted molar refractivity (Wildman–Crippen MR) is 133 cm³/mol. The number of piperidine rings is 1. The number of ether oxygens (including phenoxy) is 2. The maximum atomic E-state index is 13.4. The Kier molecular flexibility index (Phi) is 9.15. The fourth-order valence-corrected chi connectivity index (χ4v) is 4.26. The molecule has 2 fully saturated rings. The second kappa shape index (κ2) is 12.1. The van der Waals surface area contributed by atoms with Gasteiger partial charge in [0.05, 0.1) is 19.3 Å². The number of rotatable bonds is 7. The van der Waals surface area contributed by atoms with E-state index in [1.54, 1.807) is 9.80 Å². The molecule has 36 heavy (non-hydrogen) atoms. The molecule has 3 rings (SSSR count). The number of benzene rings is 1. The summed E-state index contributed by atoms with van der Waals surface area (Å²) >= 11 is 0. The average molecular weight is 500 g/mol. The molecular formula is C26H37N5O5. The molecule has 2 N–H and O–H groups in total. The summed E-state index contributed by atoms with van der Waals surface area (Å²) in [4.78, 5) is 42.0. The minimum absolute atomic E-state index is 0.174. The summed E-state index contributed by atoms with van der Waals surface area (Å²) in [5.74, 6) is -0.398. The van der Waals surface area contributed by atoms with Gasteiger partial charge in [-0.1, -0.05) is 51.1 Å². The first-order valence-electron chi connectivity index (χ1n) is 12.5. The second-order valence-electron chi connectivity index (χ2n) is 10.0. The zero-order chi connectivity index (χ0) is 26.2. The van der Waals surface area contributed by atoms with Crippen LogP contribution in [0.15, 0.2) is 30.3 Å². The molecule has 10 heteroatoms. The molecular weight excluding hydrogens is 462 g/mol. The van der Waals surface area contributed by atoms with Gasteiger partial charge in [-0.3, -0.25) is 4.79 Å². The van der Waals surface area contributed by atoms with Crippen LogP contribution in [0.1, 0.15) is 45.6 Å². The SMILES string of the molecule is CCC(C)(C)C(NC(=O)N1CCOCC1)C(=O)NC1(C#N)CCN(C(=O)OCc2ccccc2)CC1. The van der Waals surface area contributed by atoms with Crippen molar-refractivity contribution in [2.45, 2.75) is 58.2 Å². The van der Waals surface area contributed by atoms with Crippen LogP contribution in [0.4, 0.5) is 9.59 Å². The maximum Gasteiger partial charge on any atom is 0.410 e. The van der Waals surface area contributed by atoms with E-state index in [0.717, 1.165) is 5.56 Å². The van der Waals surface area contributed by atoms with Crippen molar-refractivity contribution in [3.05, 3.63) is 35.9 Å². The Hall–Kier alpha value is -3.32. The molecule has 2 aliphatic rings. The molecule has 0 spiro atoms. The first-order chi connectivity index (χ1) is 17.2. The maximum absolute atomic E-state index is 13.4. The first kappa shape index (κ1) is 27.3. The number of nitriles is 1. The third-order valence-electron chi connectivity index (χ3n) is 7.18. The molecule has 1 aromatic carbocycles. The number of nitrogens with one attached hydrogen (secondary N) is 2. The van der Waals surface area contributed by atoms with Gasteiger partial charge in [0, 0.05) is 39.0 Å². The van der Waals surface area contributed by atoms with Crippen LogP contribution in [0.3, 0.4) is 0 Å². The quantitative estimate of drug-likeness (QED) is 0.594. The van der Waals surface area contributed by atoms with E-state index in [4.69, 9.17) is 9.47 Å². The molecule has 196 valence electrons. The Morgan fingerprint density at radius 1 is 1.11 bits per heavy atom. The van der Waals surface area contributed by atoms with Crippen LogP contribution in [0.5, 0.6) is 0 Å². The van der Waals surface area contributed by atoms with Crippen LogP contribution in [0.25, 0.3) is 0 Å². The van der Waals surface area contributed by atoms with E-state index in [1.165, 1.54) is 0 Å². The topological polar surface area (TPSA) is 124 Å². The van der Waals surface area contributed by atoms with E-state index >= 15 is 0 Å². The van der Waals surface area contributed by atoms with E-state index in [2.05, 4.69) is 16.7 Å². The number of urea groups is 1. The third kappa shape index (κ3) is 6.88. The highest BCUT2D eigenvalue weighted by molar-refractivity contribution is 5.88. The summed E-state index contributed by atoms with van der Waals surface area (Å²) in [6.07, 6.45) is 0.743. The zero-order valence-electron chi connectivity index (χ0n) is 21.4. The Morgan fingerprint density at radius 2 is 1.75 bits per heavy atom. The first-order valence-corrected chi connectivity index (χ1v) is 12.5. The van der Waals surface area contributed by atoms with Crippen molar-refractivity contribution in [1.82, 2.24) is 20.4 Å². The molecule has 2 aliphatic heterocycles. The molecule has 0 bridgehead atoms. The van der Waals surface area contributed by atoms with Gasteiger partial charge in [0.15, 0.2) is 0 Å². The van der Waals surface area contributed by atoms with E-state index < -0.39 is 29.0 Å². The standard InChI is InChI=1S/C26H37N5O5/c1-4-25(2,3)21(28-23(33)30-14-16-35-17-15-30)22(32)29-26(19-27)10-12-31(13-11-26)24(34)36-18-20-8-6-5-7-9-20/h5-9,21H,4,10-18H2,1-3H3,(H,28,33)(H,29,32). The Bertz CT molecular complexity index is 947. The molecule has 0 aliphatic carbocycles. The number of morpholine rings is 1. The summed E-state index contributed by atoms with van der Waals surface area (Å²) in [5.41, 5.74) is -0.769. The highest BCUT2D eigenvalue weighted by Crippen LogP contribution is 2.28. The lowest BCUT2D eigenvalue weighted by Gasteiger charge is -2.40. The molecule has 0 aromatic heterocycles. The second-order valence-corrected chi connectivity index (χ2v) is 10.0. The molecule has 4 amide bonds. The van der Waals surface area contributed by atoms with Crippen molar-refractivity contribution in [3.63, 3.8) is 0 Å². The van der Waals surface area contributed by atoms with Crippen molar-refractivity contribution in [2.75, 3.05) is 39.4 Å². The summed E-state index contributed by atoms with van der Waals surface area (Å²) in [6, 6.07) is 10.5. The normalized spacial score (nSPS) is 18.5. The molecule has 1 unspecified atom stereocenters. The smallest absolute Gasteiger partial charge is 0.410 e. The van der Waals surface area contributed by atoms with Gasteiger partial charge < -0.3 is 29.9 Å². The lowest BCUT2D eigenvalue weighted by atomic mass is 9.80. The highest BCUT2D eigenvalue weighted by Gasteiger charge is 2.43. The molecule has 10 nitrogen and oxygen atoms in total. The van der Waals surface area contributed by atoms with Crippen molar-refractivity contribution in [1.29, 1.82) is 5.26 Å². The van der Waals surface area contributed by atoms with Gasteiger partial charge in [-0.05, 0) is 17.4 Å². The van der Waals surface area contributed by atoms with E-state index in [1.807, 2.05) is 51.1 Å². The number of hydrogen-bond acceptors (Lipinski definition) is 6. The molecule has 0 radical (unpaired) electrons. The monoisotopic (exact) mass is 499 g/mol. The van der Waals surface area contributed by atoms with Crippen LogP contribution < -0.4 is 10.6 Å². The largest absolute Gasteiger partial charge is 0.445 e. The number of nitrogens with zero attached hydrogens (tertiary/aromatic N) is 3. The van der Waals surface area contributed by atoms with Crippen LogP contribution in [0.2, 0.25) is 0 Å². The van der Waals surface area contributed by atoms with Gasteiger partial charge in [-0.2, -0.15) is 5.26 Å². The van der Waals surface area contributed by atoms with Crippen molar-refractivity contribution in [3.8, 4) is 6.07 Å². The van der Waals surface area contributed by atoms with Gasteiger partial charge in [0.25, 0.3) is 0 Å². The van der Waals surface area contributed by atoms with E-state index in [-0.39, 0.29) is 38.6 Å². The van der Waals surface area contributed by atoms with Crippen LogP contribution in [-0.4, -0.2) is 78.8 Å². The summed E-state index contributed by atoms with van der Waals surface area (Å²) in [5, 5.41) is 15.8. The van der Waals surface area contributed by atoms with Gasteiger partial charge in [-0.25, -0.2) is 9.59 Å². The lowest BCUT2D eigenvalue weighted by Crippen LogP contribution is -2.63. The number of carbonyl (C=O) groups is 3. The predicted octanol–water partition coefficient (Wildman–Crippen LogP) is 2.64. The van der Waals surface area contributed by atoms with E-state index in [0.29, 0.717) is 32.7 Å². The van der Waals surface area contributed by atoms with Crippen LogP contribution in [-0.2, 0) is 20.9 Å². The fourth-order valence-electron chi connectivity index (χ4n) is 4.26. The van der Waals surface area contributed by atoms with Crippen molar-refractivity contribution < 1.29 is 23.9 Å². The van der Waals surface area contributed by atoms with Crippen molar-refractivity contribution >= 4 is 18.0 Å². The van der Waals surface area contributed by atoms with Crippen LogP contribution in [0, 0.1) is 16.7 Å². The van der Waals surface area contributed by atoms with Gasteiger partial charge in [-0.15, -0.1) is 0 Å². The number of likely N-dealkylation sites (tertiary alicyclic amines) is 1. The van der Waals surface area contributed by atoms with Gasteiger partial charge in [0.1, 0.15) is 18.2 Å². The van der Waals surface area contributed by atoms with Gasteiger partial charge in [0.2, 0.25) is 5.91 Å². The number of carbonyl (C=O) groups excluding carboxylic acids is 3.